The highest BCUT2D eigenvalue weighted by Gasteiger charge is 2.34. The van der Waals surface area contributed by atoms with Crippen molar-refractivity contribution in [3.05, 3.63) is 35.9 Å². The fourth-order valence-corrected chi connectivity index (χ4v) is 4.47. The molecule has 0 saturated carbocycles. The molecule has 3 fully saturated rings. The maximum absolute atomic E-state index is 12.6. The number of aromatic nitrogens is 1. The van der Waals surface area contributed by atoms with Crippen LogP contribution in [-0.2, 0) is 4.79 Å². The molecule has 3 aliphatic rings. The summed E-state index contributed by atoms with van der Waals surface area (Å²) in [5.41, 5.74) is 0.662. The van der Waals surface area contributed by atoms with Crippen LogP contribution in [0.15, 0.2) is 44.8 Å². The number of rotatable bonds is 5. The second kappa shape index (κ2) is 7.74. The van der Waals surface area contributed by atoms with Crippen LogP contribution < -0.4 is 10.6 Å². The smallest absolute Gasteiger partial charge is 0.251 e. The van der Waals surface area contributed by atoms with E-state index in [1.54, 1.807) is 6.07 Å². The van der Waals surface area contributed by atoms with Crippen molar-refractivity contribution in [2.45, 2.75) is 35.7 Å². The molecule has 1 unspecified atom stereocenters. The van der Waals surface area contributed by atoms with Gasteiger partial charge in [0.05, 0.1) is 0 Å². The zero-order valence-corrected chi connectivity index (χ0v) is 15.9. The zero-order valence-electron chi connectivity index (χ0n) is 15.1. The number of benzene rings is 1. The van der Waals surface area contributed by atoms with Crippen molar-refractivity contribution in [1.82, 2.24) is 15.4 Å². The Morgan fingerprint density at radius 3 is 2.59 bits per heavy atom. The number of fused-ring (bicyclic) bond motifs is 3. The number of hydrogen-bond donors (Lipinski definition) is 2. The molecular formula is C19H22N4O3S. The quantitative estimate of drug-likeness (QED) is 0.821. The van der Waals surface area contributed by atoms with E-state index in [1.807, 2.05) is 24.3 Å². The molecule has 1 aromatic carbocycles. The Hall–Kier alpha value is -2.32. The maximum Gasteiger partial charge on any atom is 0.251 e. The second-order valence-electron chi connectivity index (χ2n) is 7.06. The molecule has 3 aliphatic heterocycles. The zero-order chi connectivity index (χ0) is 18.8. The minimum atomic E-state index is -0.207. The number of nitrogens with one attached hydrogen (secondary N) is 2. The predicted molar refractivity (Wildman–Crippen MR) is 102 cm³/mol. The number of nitrogens with zero attached hydrogens (tertiary/aromatic N) is 2. The average Bonchev–Trinajstić information content (AvgIpc) is 3.09. The Morgan fingerprint density at radius 2 is 1.96 bits per heavy atom. The highest BCUT2D eigenvalue weighted by atomic mass is 32.2. The van der Waals surface area contributed by atoms with Gasteiger partial charge >= 0.3 is 0 Å². The summed E-state index contributed by atoms with van der Waals surface area (Å²) in [6.45, 7) is 4.70. The SMILES string of the molecule is CC(=O)Nc1cc(Sc2ccc(C(=O)NC3CN4CCC3CC4)cc2)no1. The lowest BCUT2D eigenvalue weighted by Crippen LogP contribution is -2.57. The molecule has 4 heterocycles. The minimum absolute atomic E-state index is 0.0142. The van der Waals surface area contributed by atoms with Crippen LogP contribution in [0.25, 0.3) is 0 Å². The van der Waals surface area contributed by atoms with Crippen LogP contribution in [0, 0.1) is 5.92 Å². The molecule has 7 nitrogen and oxygen atoms in total. The van der Waals surface area contributed by atoms with Gasteiger partial charge in [-0.05, 0) is 56.1 Å². The van der Waals surface area contributed by atoms with E-state index in [-0.39, 0.29) is 17.9 Å². The Labute approximate surface area is 161 Å². The number of amides is 2. The van der Waals surface area contributed by atoms with Crippen molar-refractivity contribution in [2.24, 2.45) is 5.92 Å². The minimum Gasteiger partial charge on any atom is -0.348 e. The lowest BCUT2D eigenvalue weighted by molar-refractivity contribution is -0.114. The molecular weight excluding hydrogens is 364 g/mol. The molecule has 8 heteroatoms. The summed E-state index contributed by atoms with van der Waals surface area (Å²) in [7, 11) is 0. The van der Waals surface area contributed by atoms with E-state index in [0.29, 0.717) is 22.4 Å². The lowest BCUT2D eigenvalue weighted by atomic mass is 9.84. The van der Waals surface area contributed by atoms with Gasteiger partial charge in [0.15, 0.2) is 0 Å². The third kappa shape index (κ3) is 4.33. The van der Waals surface area contributed by atoms with Crippen LogP contribution in [-0.4, -0.2) is 47.5 Å². The summed E-state index contributed by atoms with van der Waals surface area (Å²) in [4.78, 5) is 27.0. The van der Waals surface area contributed by atoms with Crippen LogP contribution in [0.5, 0.6) is 0 Å². The fraction of sp³-hybridized carbons (Fsp3) is 0.421. The van der Waals surface area contributed by atoms with E-state index in [4.69, 9.17) is 4.52 Å². The van der Waals surface area contributed by atoms with Crippen LogP contribution in [0.4, 0.5) is 5.88 Å². The summed E-state index contributed by atoms with van der Waals surface area (Å²) in [5.74, 6) is 0.706. The average molecular weight is 386 g/mol. The normalized spacial score (nSPS) is 23.8. The number of hydrogen-bond acceptors (Lipinski definition) is 6. The third-order valence-corrected chi connectivity index (χ3v) is 6.01. The van der Waals surface area contributed by atoms with Crippen molar-refractivity contribution >= 4 is 29.5 Å². The molecule has 27 heavy (non-hydrogen) atoms. The van der Waals surface area contributed by atoms with Gasteiger partial charge in [0.25, 0.3) is 5.91 Å². The summed E-state index contributed by atoms with van der Waals surface area (Å²) in [5, 5.41) is 10.3. The molecule has 2 aromatic rings. The second-order valence-corrected chi connectivity index (χ2v) is 8.15. The van der Waals surface area contributed by atoms with Crippen molar-refractivity contribution in [3.8, 4) is 0 Å². The van der Waals surface area contributed by atoms with Gasteiger partial charge in [0.1, 0.15) is 5.03 Å². The van der Waals surface area contributed by atoms with Crippen molar-refractivity contribution < 1.29 is 14.1 Å². The first-order valence-corrected chi connectivity index (χ1v) is 9.94. The van der Waals surface area contributed by atoms with E-state index in [9.17, 15) is 9.59 Å². The summed E-state index contributed by atoms with van der Waals surface area (Å²) >= 11 is 1.41. The number of piperidine rings is 3. The standard InChI is InChI=1S/C19H22N4O3S/c1-12(24)20-17-10-18(22-26-17)27-15-4-2-14(3-5-15)19(25)21-16-11-23-8-6-13(16)7-9-23/h2-5,10,13,16H,6-9,11H2,1H3,(H,20,24)(H,21,25). The van der Waals surface area contributed by atoms with Crippen molar-refractivity contribution in [1.29, 1.82) is 0 Å². The molecule has 0 spiro atoms. The highest BCUT2D eigenvalue weighted by Crippen LogP contribution is 2.30. The van der Waals surface area contributed by atoms with E-state index < -0.39 is 0 Å². The van der Waals surface area contributed by atoms with Gasteiger partial charge in [-0.3, -0.25) is 14.9 Å². The highest BCUT2D eigenvalue weighted by molar-refractivity contribution is 7.99. The number of carbonyl (C=O) groups is 2. The Balaban J connectivity index is 1.35. The van der Waals surface area contributed by atoms with E-state index >= 15 is 0 Å². The van der Waals surface area contributed by atoms with E-state index in [1.165, 1.54) is 31.5 Å². The first-order chi connectivity index (χ1) is 13.1. The summed E-state index contributed by atoms with van der Waals surface area (Å²) < 4.78 is 5.05. The third-order valence-electron chi connectivity index (χ3n) is 5.10. The molecule has 2 amide bonds. The molecule has 2 N–H and O–H groups in total. The molecule has 2 bridgehead atoms. The van der Waals surface area contributed by atoms with Crippen molar-refractivity contribution in [2.75, 3.05) is 25.0 Å². The summed E-state index contributed by atoms with van der Waals surface area (Å²) in [6, 6.07) is 9.37. The van der Waals surface area contributed by atoms with Gasteiger partial charge in [-0.1, -0.05) is 16.9 Å². The Kier molecular flexibility index (Phi) is 5.18. The lowest BCUT2D eigenvalue weighted by Gasteiger charge is -2.44. The molecule has 0 radical (unpaired) electrons. The van der Waals surface area contributed by atoms with Gasteiger partial charge in [0.2, 0.25) is 11.8 Å². The van der Waals surface area contributed by atoms with Crippen LogP contribution >= 0.6 is 11.8 Å². The van der Waals surface area contributed by atoms with Gasteiger partial charge in [0, 0.05) is 36.0 Å². The van der Waals surface area contributed by atoms with Gasteiger partial charge in [-0.2, -0.15) is 0 Å². The largest absolute Gasteiger partial charge is 0.348 e. The monoisotopic (exact) mass is 386 g/mol. The first-order valence-electron chi connectivity index (χ1n) is 9.12. The summed E-state index contributed by atoms with van der Waals surface area (Å²) in [6.07, 6.45) is 2.36. The van der Waals surface area contributed by atoms with E-state index in [2.05, 4.69) is 20.7 Å². The molecule has 3 saturated heterocycles. The Bertz CT molecular complexity index is 828. The van der Waals surface area contributed by atoms with Crippen LogP contribution in [0.2, 0.25) is 0 Å². The topological polar surface area (TPSA) is 87.5 Å². The number of anilines is 1. The number of carbonyl (C=O) groups excluding carboxylic acids is 2. The van der Waals surface area contributed by atoms with Crippen LogP contribution in [0.1, 0.15) is 30.1 Å². The van der Waals surface area contributed by atoms with Crippen LogP contribution in [0.3, 0.4) is 0 Å². The Morgan fingerprint density at radius 1 is 1.22 bits per heavy atom. The first kappa shape index (κ1) is 18.1. The molecule has 1 atom stereocenters. The van der Waals surface area contributed by atoms with Gasteiger partial charge in [-0.25, -0.2) is 0 Å². The van der Waals surface area contributed by atoms with Gasteiger partial charge < -0.3 is 14.7 Å². The maximum atomic E-state index is 12.6. The molecule has 5 rings (SSSR count). The molecule has 142 valence electrons. The predicted octanol–water partition coefficient (Wildman–Crippen LogP) is 2.61. The fourth-order valence-electron chi connectivity index (χ4n) is 3.71. The molecule has 1 aromatic heterocycles. The van der Waals surface area contributed by atoms with E-state index in [0.717, 1.165) is 24.5 Å². The van der Waals surface area contributed by atoms with Crippen molar-refractivity contribution in [3.63, 3.8) is 0 Å². The van der Waals surface area contributed by atoms with Gasteiger partial charge in [-0.15, -0.1) is 0 Å². The molecule has 0 aliphatic carbocycles.